The molecule has 0 saturated carbocycles. The van der Waals surface area contributed by atoms with Gasteiger partial charge in [-0.15, -0.1) is 0 Å². The van der Waals surface area contributed by atoms with Gasteiger partial charge in [-0.1, -0.05) is 24.6 Å². The Labute approximate surface area is 170 Å². The van der Waals surface area contributed by atoms with E-state index in [2.05, 4.69) is 5.32 Å². The minimum atomic E-state index is -0.460. The number of fused-ring (bicyclic) bond motifs is 1. The van der Waals surface area contributed by atoms with Gasteiger partial charge in [0.05, 0.1) is 12.7 Å². The van der Waals surface area contributed by atoms with Gasteiger partial charge in [-0.05, 0) is 55.7 Å². The highest BCUT2D eigenvalue weighted by Crippen LogP contribution is 2.27. The second-order valence-electron chi connectivity index (χ2n) is 7.22. The number of carbonyl (C=O) groups excluding carboxylic acids is 2. The summed E-state index contributed by atoms with van der Waals surface area (Å²) in [6, 6.07) is 14.0. The van der Waals surface area contributed by atoms with E-state index in [1.807, 2.05) is 17.0 Å². The molecule has 2 fully saturated rings. The van der Waals surface area contributed by atoms with E-state index < -0.39 is 5.97 Å². The van der Waals surface area contributed by atoms with Gasteiger partial charge in [0.25, 0.3) is 5.91 Å². The predicted molar refractivity (Wildman–Crippen MR) is 109 cm³/mol. The molecule has 2 saturated heterocycles. The number of hydrogen-bond donors (Lipinski definition) is 1. The molecule has 0 bridgehead atoms. The zero-order valence-electron chi connectivity index (χ0n) is 16.4. The van der Waals surface area contributed by atoms with Crippen LogP contribution < -0.4 is 14.8 Å². The molecule has 2 aromatic carbocycles. The van der Waals surface area contributed by atoms with Crippen LogP contribution in [0.25, 0.3) is 6.08 Å². The first-order chi connectivity index (χ1) is 14.2. The molecule has 150 valence electrons. The van der Waals surface area contributed by atoms with Crippen molar-refractivity contribution < 1.29 is 19.1 Å². The van der Waals surface area contributed by atoms with Crippen LogP contribution in [0.3, 0.4) is 0 Å². The van der Waals surface area contributed by atoms with Gasteiger partial charge in [-0.25, -0.2) is 4.79 Å². The number of amides is 1. The topological polar surface area (TPSA) is 67.9 Å². The highest BCUT2D eigenvalue weighted by molar-refractivity contribution is 6.00. The molecule has 1 unspecified atom stereocenters. The molecular formula is C23H24N2O4. The minimum absolute atomic E-state index is 0.00758. The van der Waals surface area contributed by atoms with Crippen LogP contribution >= 0.6 is 0 Å². The Morgan fingerprint density at radius 2 is 1.90 bits per heavy atom. The number of carbonyl (C=O) groups is 2. The molecule has 6 heteroatoms. The maximum Gasteiger partial charge on any atom is 0.343 e. The smallest absolute Gasteiger partial charge is 0.343 e. The molecule has 1 N–H and O–H groups in total. The van der Waals surface area contributed by atoms with Crippen LogP contribution in [-0.4, -0.2) is 36.6 Å². The third-order valence-corrected chi connectivity index (χ3v) is 5.31. The van der Waals surface area contributed by atoms with E-state index in [1.54, 1.807) is 49.6 Å². The number of hydrogen-bond acceptors (Lipinski definition) is 5. The van der Waals surface area contributed by atoms with Crippen LogP contribution in [0.2, 0.25) is 0 Å². The van der Waals surface area contributed by atoms with E-state index in [1.165, 1.54) is 0 Å². The third-order valence-electron chi connectivity index (χ3n) is 5.31. The highest BCUT2D eigenvalue weighted by atomic mass is 16.5. The van der Waals surface area contributed by atoms with Gasteiger partial charge in [0.2, 0.25) is 0 Å². The van der Waals surface area contributed by atoms with Gasteiger partial charge < -0.3 is 19.7 Å². The molecule has 0 radical (unpaired) electrons. The maximum absolute atomic E-state index is 12.8. The third kappa shape index (κ3) is 4.11. The quantitative estimate of drug-likeness (QED) is 0.489. The van der Waals surface area contributed by atoms with Crippen LogP contribution in [0.15, 0.2) is 54.2 Å². The second kappa shape index (κ2) is 8.39. The van der Waals surface area contributed by atoms with E-state index in [9.17, 15) is 9.59 Å². The number of methoxy groups -OCH3 is 1. The fraction of sp³-hybridized carbons (Fsp3) is 0.304. The van der Waals surface area contributed by atoms with Crippen LogP contribution in [-0.2, 0) is 4.79 Å². The summed E-state index contributed by atoms with van der Waals surface area (Å²) in [5.41, 5.74) is 1.66. The highest BCUT2D eigenvalue weighted by Gasteiger charge is 2.35. The molecule has 2 aliphatic heterocycles. The Bertz CT molecular complexity index is 936. The Morgan fingerprint density at radius 3 is 2.69 bits per heavy atom. The van der Waals surface area contributed by atoms with E-state index in [-0.39, 0.29) is 12.1 Å². The Hall–Kier alpha value is -3.28. The number of para-hydroxylation sites is 1. The van der Waals surface area contributed by atoms with Crippen LogP contribution in [0.4, 0.5) is 0 Å². The van der Waals surface area contributed by atoms with Gasteiger partial charge >= 0.3 is 5.97 Å². The molecule has 2 aromatic rings. The summed E-state index contributed by atoms with van der Waals surface area (Å²) in [6.45, 7) is 0.780. The van der Waals surface area contributed by atoms with Crippen molar-refractivity contribution in [2.24, 2.45) is 0 Å². The Morgan fingerprint density at radius 1 is 1.10 bits per heavy atom. The average Bonchev–Trinajstić information content (AvgIpc) is 2.91. The zero-order valence-corrected chi connectivity index (χ0v) is 16.4. The molecule has 0 spiro atoms. The number of esters is 1. The normalized spacial score (nSPS) is 20.0. The summed E-state index contributed by atoms with van der Waals surface area (Å²) >= 11 is 0. The summed E-state index contributed by atoms with van der Waals surface area (Å²) < 4.78 is 10.7. The lowest BCUT2D eigenvalue weighted by atomic mass is 10.1. The molecule has 1 amide bonds. The second-order valence-corrected chi connectivity index (χ2v) is 7.22. The first kappa shape index (κ1) is 19.1. The lowest BCUT2D eigenvalue weighted by molar-refractivity contribution is -0.126. The van der Waals surface area contributed by atoms with Crippen molar-refractivity contribution in [3.05, 3.63) is 65.4 Å². The number of ether oxygens (including phenoxy) is 2. The fourth-order valence-corrected chi connectivity index (χ4v) is 3.73. The number of rotatable bonds is 4. The summed E-state index contributed by atoms with van der Waals surface area (Å²) in [7, 11) is 1.57. The monoisotopic (exact) mass is 392 g/mol. The molecule has 29 heavy (non-hydrogen) atoms. The summed E-state index contributed by atoms with van der Waals surface area (Å²) in [6.07, 6.45) is 6.10. The number of benzene rings is 2. The van der Waals surface area contributed by atoms with E-state index in [4.69, 9.17) is 9.47 Å². The van der Waals surface area contributed by atoms with E-state index >= 15 is 0 Å². The number of nitrogens with zero attached hydrogens (tertiary/aromatic N) is 1. The van der Waals surface area contributed by atoms with Gasteiger partial charge in [-0.2, -0.15) is 0 Å². The van der Waals surface area contributed by atoms with Crippen molar-refractivity contribution in [1.29, 1.82) is 0 Å². The maximum atomic E-state index is 12.8. The molecule has 6 nitrogen and oxygen atoms in total. The average molecular weight is 392 g/mol. The summed E-state index contributed by atoms with van der Waals surface area (Å²) in [4.78, 5) is 27.2. The first-order valence-corrected chi connectivity index (χ1v) is 9.90. The molecule has 4 rings (SSSR count). The Kier molecular flexibility index (Phi) is 5.51. The standard InChI is InChI=1S/C23H24N2O4/c1-28-18-12-10-16(11-13-18)23(27)29-20-8-5-4-7-17(20)15-19-22(26)25-14-6-2-3-9-21(25)24-19/h4-5,7-8,10-13,15,21,24H,2-3,6,9,14H2,1H3/b19-15-. The van der Waals surface area contributed by atoms with E-state index in [0.29, 0.717) is 28.3 Å². The molecular weight excluding hydrogens is 368 g/mol. The van der Waals surface area contributed by atoms with Gasteiger partial charge in [0.1, 0.15) is 23.4 Å². The predicted octanol–water partition coefficient (Wildman–Crippen LogP) is 3.59. The van der Waals surface area contributed by atoms with Crippen molar-refractivity contribution in [2.75, 3.05) is 13.7 Å². The lowest BCUT2D eigenvalue weighted by Gasteiger charge is -2.19. The van der Waals surface area contributed by atoms with Crippen LogP contribution in [0.1, 0.15) is 41.6 Å². The van der Waals surface area contributed by atoms with E-state index in [0.717, 1.165) is 32.2 Å². The summed E-state index contributed by atoms with van der Waals surface area (Å²) in [5.74, 6) is 0.633. The SMILES string of the molecule is COc1ccc(C(=O)Oc2ccccc2/C=C2\NC3CCCCCN3C2=O)cc1. The Balaban J connectivity index is 1.54. The summed E-state index contributed by atoms with van der Waals surface area (Å²) in [5, 5.41) is 3.34. The van der Waals surface area contributed by atoms with Crippen molar-refractivity contribution in [3.63, 3.8) is 0 Å². The van der Waals surface area contributed by atoms with Gasteiger partial charge in [0, 0.05) is 12.1 Å². The first-order valence-electron chi connectivity index (χ1n) is 9.90. The van der Waals surface area contributed by atoms with Gasteiger partial charge in [0.15, 0.2) is 0 Å². The molecule has 1 atom stereocenters. The zero-order chi connectivity index (χ0) is 20.2. The molecule has 2 aliphatic rings. The van der Waals surface area contributed by atoms with Crippen molar-refractivity contribution in [1.82, 2.24) is 10.2 Å². The van der Waals surface area contributed by atoms with Crippen molar-refractivity contribution in [2.45, 2.75) is 31.8 Å². The van der Waals surface area contributed by atoms with Crippen molar-refractivity contribution >= 4 is 18.0 Å². The molecule has 0 aromatic heterocycles. The van der Waals surface area contributed by atoms with Crippen LogP contribution in [0.5, 0.6) is 11.5 Å². The largest absolute Gasteiger partial charge is 0.497 e. The van der Waals surface area contributed by atoms with Gasteiger partial charge in [-0.3, -0.25) is 4.79 Å². The molecule has 2 heterocycles. The van der Waals surface area contributed by atoms with Crippen LogP contribution in [0, 0.1) is 0 Å². The number of nitrogens with one attached hydrogen (secondary N) is 1. The fourth-order valence-electron chi connectivity index (χ4n) is 3.73. The van der Waals surface area contributed by atoms with Crippen molar-refractivity contribution in [3.8, 4) is 11.5 Å². The molecule has 0 aliphatic carbocycles. The lowest BCUT2D eigenvalue weighted by Crippen LogP contribution is -2.36. The minimum Gasteiger partial charge on any atom is -0.497 e.